The fourth-order valence-electron chi connectivity index (χ4n) is 1.73. The predicted molar refractivity (Wildman–Crippen MR) is 77.8 cm³/mol. The highest BCUT2D eigenvalue weighted by Gasteiger charge is 2.22. The second-order valence-electron chi connectivity index (χ2n) is 3.99. The van der Waals surface area contributed by atoms with Crippen LogP contribution in [-0.2, 0) is 4.74 Å². The van der Waals surface area contributed by atoms with Gasteiger partial charge in [-0.25, -0.2) is 0 Å². The van der Waals surface area contributed by atoms with Gasteiger partial charge in [0.25, 0.3) is 0 Å². The number of carbonyl (C=O) groups is 1. The molecule has 19 heavy (non-hydrogen) atoms. The van der Waals surface area contributed by atoms with Crippen LogP contribution in [0.1, 0.15) is 35.5 Å². The topological polar surface area (TPSA) is 79.3 Å². The first-order chi connectivity index (χ1) is 9.10. The summed E-state index contributed by atoms with van der Waals surface area (Å²) in [6, 6.07) is 2.11. The minimum atomic E-state index is -0.0203. The van der Waals surface area contributed by atoms with E-state index in [0.29, 0.717) is 35.7 Å². The Morgan fingerprint density at radius 3 is 2.68 bits per heavy atom. The predicted octanol–water partition coefficient (Wildman–Crippen LogP) is 2.27. The molecule has 0 saturated carbocycles. The van der Waals surface area contributed by atoms with E-state index in [-0.39, 0.29) is 5.78 Å². The maximum atomic E-state index is 11.8. The summed E-state index contributed by atoms with van der Waals surface area (Å²) in [7, 11) is 1.63. The number of Topliss-reactive ketones (excluding diaryl/α,β-unsaturated/α-hetero) is 1. The lowest BCUT2D eigenvalue weighted by atomic mass is 10.2. The fourth-order valence-corrected chi connectivity index (χ4v) is 3.01. The van der Waals surface area contributed by atoms with Crippen molar-refractivity contribution in [1.82, 2.24) is 0 Å². The van der Waals surface area contributed by atoms with Gasteiger partial charge in [-0.15, -0.1) is 11.3 Å². The monoisotopic (exact) mass is 281 g/mol. The number of nitrogen functional groups attached to an aromatic ring is 1. The molecule has 0 bridgehead atoms. The Kier molecular flexibility index (Phi) is 5.80. The van der Waals surface area contributed by atoms with E-state index in [9.17, 15) is 10.1 Å². The molecule has 0 spiro atoms. The first-order valence-corrected chi connectivity index (χ1v) is 7.01. The third-order valence-electron chi connectivity index (χ3n) is 2.85. The Bertz CT molecular complexity index is 491. The van der Waals surface area contributed by atoms with Gasteiger partial charge in [0.05, 0.1) is 17.2 Å². The molecule has 0 amide bonds. The number of carbonyl (C=O) groups excluding carboxylic acids is 1. The Hall–Kier alpha value is -1.58. The van der Waals surface area contributed by atoms with E-state index in [2.05, 4.69) is 6.07 Å². The molecule has 0 aromatic carbocycles. The molecule has 0 aliphatic heterocycles. The normalized spacial score (nSPS) is 10.2. The van der Waals surface area contributed by atoms with Crippen molar-refractivity contribution in [1.29, 1.82) is 5.26 Å². The summed E-state index contributed by atoms with van der Waals surface area (Å²) < 4.78 is 5.06. The lowest BCUT2D eigenvalue weighted by Crippen LogP contribution is -2.26. The maximum Gasteiger partial charge on any atom is 0.174 e. The van der Waals surface area contributed by atoms with Gasteiger partial charge in [0.1, 0.15) is 16.6 Å². The van der Waals surface area contributed by atoms with Crippen molar-refractivity contribution in [2.45, 2.75) is 20.3 Å². The van der Waals surface area contributed by atoms with Crippen molar-refractivity contribution in [3.05, 3.63) is 10.4 Å². The average molecular weight is 281 g/mol. The number of anilines is 2. The summed E-state index contributed by atoms with van der Waals surface area (Å²) in [6.07, 6.45) is 0.388. The van der Waals surface area contributed by atoms with E-state index in [1.807, 2.05) is 11.8 Å². The van der Waals surface area contributed by atoms with Crippen LogP contribution in [0.4, 0.5) is 10.7 Å². The van der Waals surface area contributed by atoms with Crippen molar-refractivity contribution in [3.8, 4) is 6.07 Å². The highest BCUT2D eigenvalue weighted by Crippen LogP contribution is 2.38. The summed E-state index contributed by atoms with van der Waals surface area (Å²) in [5.41, 5.74) is 6.63. The van der Waals surface area contributed by atoms with E-state index >= 15 is 0 Å². The van der Waals surface area contributed by atoms with E-state index in [1.165, 1.54) is 11.3 Å². The molecule has 1 rings (SSSR count). The maximum absolute atomic E-state index is 11.8. The number of methoxy groups -OCH3 is 1. The van der Waals surface area contributed by atoms with Crippen LogP contribution in [0.3, 0.4) is 0 Å². The largest absolute Gasteiger partial charge is 0.396 e. The third kappa shape index (κ3) is 3.25. The molecule has 5 nitrogen and oxygen atoms in total. The van der Waals surface area contributed by atoms with Crippen LogP contribution in [0.2, 0.25) is 0 Å². The smallest absolute Gasteiger partial charge is 0.174 e. The molecule has 6 heteroatoms. The first-order valence-electron chi connectivity index (χ1n) is 6.20. The van der Waals surface area contributed by atoms with Crippen LogP contribution in [0, 0.1) is 11.3 Å². The molecule has 0 aliphatic rings. The molecule has 0 atom stereocenters. The van der Waals surface area contributed by atoms with Gasteiger partial charge < -0.3 is 15.4 Å². The number of rotatable bonds is 7. The molecule has 2 N–H and O–H groups in total. The van der Waals surface area contributed by atoms with Crippen molar-refractivity contribution < 1.29 is 9.53 Å². The fraction of sp³-hybridized carbons (Fsp3) is 0.538. The molecule has 1 aromatic rings. The van der Waals surface area contributed by atoms with Crippen LogP contribution >= 0.6 is 11.3 Å². The van der Waals surface area contributed by atoms with Crippen LogP contribution in [0.25, 0.3) is 0 Å². The van der Waals surface area contributed by atoms with E-state index in [4.69, 9.17) is 10.5 Å². The van der Waals surface area contributed by atoms with Crippen molar-refractivity contribution in [3.63, 3.8) is 0 Å². The molecule has 1 heterocycles. The Morgan fingerprint density at radius 1 is 1.53 bits per heavy atom. The molecular weight excluding hydrogens is 262 g/mol. The van der Waals surface area contributed by atoms with Gasteiger partial charge in [0, 0.05) is 26.6 Å². The minimum absolute atomic E-state index is 0.0203. The number of ether oxygens (including phenoxy) is 1. The number of nitrogens with two attached hydrogens (primary N) is 1. The van der Waals surface area contributed by atoms with Gasteiger partial charge in [-0.1, -0.05) is 6.92 Å². The summed E-state index contributed by atoms with van der Waals surface area (Å²) in [5.74, 6) is -0.0203. The van der Waals surface area contributed by atoms with Gasteiger partial charge in [-0.2, -0.15) is 5.26 Å². The Morgan fingerprint density at radius 2 is 2.21 bits per heavy atom. The number of ketones is 1. The van der Waals surface area contributed by atoms with E-state index < -0.39 is 0 Å². The molecule has 0 aliphatic carbocycles. The van der Waals surface area contributed by atoms with Crippen LogP contribution < -0.4 is 10.6 Å². The first kappa shape index (κ1) is 15.5. The number of hydrogen-bond donors (Lipinski definition) is 1. The van der Waals surface area contributed by atoms with Crippen LogP contribution in [0.15, 0.2) is 0 Å². The standard InChI is InChI=1S/C13H19N3O2S/c1-4-10(17)12-11(15)9(8-14)13(19-12)16(5-2)6-7-18-3/h4-7,15H2,1-3H3. The minimum Gasteiger partial charge on any atom is -0.396 e. The summed E-state index contributed by atoms with van der Waals surface area (Å²) in [4.78, 5) is 14.3. The molecule has 1 aromatic heterocycles. The van der Waals surface area contributed by atoms with Gasteiger partial charge >= 0.3 is 0 Å². The summed E-state index contributed by atoms with van der Waals surface area (Å²) in [5, 5.41) is 10.0. The zero-order chi connectivity index (χ0) is 14.4. The highest BCUT2D eigenvalue weighted by molar-refractivity contribution is 7.19. The van der Waals surface area contributed by atoms with Crippen LogP contribution in [-0.4, -0.2) is 32.6 Å². The van der Waals surface area contributed by atoms with Gasteiger partial charge in [0.15, 0.2) is 5.78 Å². The Balaban J connectivity index is 3.19. The van der Waals surface area contributed by atoms with Gasteiger partial charge in [-0.3, -0.25) is 4.79 Å². The number of nitriles is 1. The second-order valence-corrected chi connectivity index (χ2v) is 4.99. The quantitative estimate of drug-likeness (QED) is 0.775. The number of hydrogen-bond acceptors (Lipinski definition) is 6. The second kappa shape index (κ2) is 7.12. The average Bonchev–Trinajstić information content (AvgIpc) is 2.76. The number of thiophene rings is 1. The zero-order valence-electron chi connectivity index (χ0n) is 11.5. The molecule has 104 valence electrons. The lowest BCUT2D eigenvalue weighted by Gasteiger charge is -2.21. The van der Waals surface area contributed by atoms with E-state index in [1.54, 1.807) is 14.0 Å². The Labute approximate surface area is 117 Å². The third-order valence-corrected chi connectivity index (χ3v) is 4.15. The highest BCUT2D eigenvalue weighted by atomic mass is 32.1. The van der Waals surface area contributed by atoms with Crippen molar-refractivity contribution in [2.24, 2.45) is 0 Å². The summed E-state index contributed by atoms with van der Waals surface area (Å²) >= 11 is 1.30. The number of nitrogens with zero attached hydrogens (tertiary/aromatic N) is 2. The molecule has 0 fully saturated rings. The molecule has 0 saturated heterocycles. The summed E-state index contributed by atoms with van der Waals surface area (Å²) in [6.45, 7) is 5.75. The molecule has 0 unspecified atom stereocenters. The zero-order valence-corrected chi connectivity index (χ0v) is 12.3. The molecular formula is C13H19N3O2S. The molecule has 0 radical (unpaired) electrons. The van der Waals surface area contributed by atoms with Crippen molar-refractivity contribution >= 4 is 27.8 Å². The van der Waals surface area contributed by atoms with Gasteiger partial charge in [0.2, 0.25) is 0 Å². The lowest BCUT2D eigenvalue weighted by molar-refractivity contribution is 0.0993. The number of likely N-dealkylation sites (N-methyl/N-ethyl adjacent to an activating group) is 1. The van der Waals surface area contributed by atoms with E-state index in [0.717, 1.165) is 11.5 Å². The van der Waals surface area contributed by atoms with Crippen LogP contribution in [0.5, 0.6) is 0 Å². The SMILES string of the molecule is CCC(=O)c1sc(N(CC)CCOC)c(C#N)c1N. The van der Waals surface area contributed by atoms with Crippen molar-refractivity contribution in [2.75, 3.05) is 37.4 Å². The van der Waals surface area contributed by atoms with Gasteiger partial charge in [-0.05, 0) is 6.92 Å².